The average Bonchev–Trinajstić information content (AvgIpc) is 2.86. The Morgan fingerprint density at radius 1 is 1.21 bits per heavy atom. The molecule has 0 amide bonds. The summed E-state index contributed by atoms with van der Waals surface area (Å²) in [5, 5.41) is 4.73. The van der Waals surface area contributed by atoms with Crippen molar-refractivity contribution >= 4 is 11.0 Å². The number of hydrogen-bond acceptors (Lipinski definition) is 2. The summed E-state index contributed by atoms with van der Waals surface area (Å²) in [7, 11) is 0. The minimum absolute atomic E-state index is 0.556. The van der Waals surface area contributed by atoms with Crippen molar-refractivity contribution in [1.82, 2.24) is 5.32 Å². The molecule has 0 aliphatic rings. The van der Waals surface area contributed by atoms with E-state index in [0.29, 0.717) is 5.92 Å². The largest absolute Gasteiger partial charge is 0.464 e. The molecule has 1 atom stereocenters. The highest BCUT2D eigenvalue weighted by Crippen LogP contribution is 2.30. The van der Waals surface area contributed by atoms with Gasteiger partial charge in [0.05, 0.1) is 6.26 Å². The lowest BCUT2D eigenvalue weighted by Crippen LogP contribution is -2.17. The van der Waals surface area contributed by atoms with Crippen molar-refractivity contribution < 1.29 is 4.42 Å². The molecular formula is C17H25NO. The fraction of sp³-hybridized carbons (Fsp3) is 0.529. The number of nitrogens with one attached hydrogen (secondary N) is 1. The number of para-hydroxylation sites is 1. The van der Waals surface area contributed by atoms with Crippen LogP contribution in [0.2, 0.25) is 0 Å². The third-order valence-corrected chi connectivity index (χ3v) is 3.85. The Bertz CT molecular complexity index is 515. The first-order valence-corrected chi connectivity index (χ1v) is 7.47. The molecule has 1 unspecified atom stereocenters. The van der Waals surface area contributed by atoms with Crippen molar-refractivity contribution in [3.63, 3.8) is 0 Å². The van der Waals surface area contributed by atoms with Crippen molar-refractivity contribution in [3.8, 4) is 0 Å². The van der Waals surface area contributed by atoms with E-state index in [9.17, 15) is 0 Å². The number of benzene rings is 1. The third-order valence-electron chi connectivity index (χ3n) is 3.85. The Morgan fingerprint density at radius 3 is 2.79 bits per heavy atom. The van der Waals surface area contributed by atoms with Crippen molar-refractivity contribution in [2.24, 2.45) is 0 Å². The van der Waals surface area contributed by atoms with Crippen LogP contribution in [0.1, 0.15) is 50.7 Å². The molecule has 2 nitrogen and oxygen atoms in total. The Balaban J connectivity index is 2.18. The predicted octanol–water partition coefficient (Wildman–Crippen LogP) is 4.49. The fourth-order valence-electron chi connectivity index (χ4n) is 2.46. The topological polar surface area (TPSA) is 25.2 Å². The molecule has 0 aliphatic heterocycles. The van der Waals surface area contributed by atoms with E-state index in [4.69, 9.17) is 4.42 Å². The van der Waals surface area contributed by atoms with Gasteiger partial charge in [0.1, 0.15) is 5.58 Å². The van der Waals surface area contributed by atoms with E-state index in [2.05, 4.69) is 44.3 Å². The van der Waals surface area contributed by atoms with Crippen molar-refractivity contribution in [3.05, 3.63) is 35.6 Å². The summed E-state index contributed by atoms with van der Waals surface area (Å²) in [6.45, 7) is 8.80. The predicted molar refractivity (Wildman–Crippen MR) is 81.8 cm³/mol. The molecule has 2 rings (SSSR count). The Morgan fingerprint density at radius 2 is 2.05 bits per heavy atom. The third kappa shape index (κ3) is 3.19. The smallest absolute Gasteiger partial charge is 0.137 e. The molecule has 104 valence electrons. The number of rotatable bonds is 7. The summed E-state index contributed by atoms with van der Waals surface area (Å²) in [6.07, 6.45) is 5.30. The van der Waals surface area contributed by atoms with Crippen molar-refractivity contribution in [2.75, 3.05) is 13.1 Å². The van der Waals surface area contributed by atoms with E-state index in [1.165, 1.54) is 22.9 Å². The van der Waals surface area contributed by atoms with Crippen LogP contribution in [0.3, 0.4) is 0 Å². The van der Waals surface area contributed by atoms with E-state index in [1.54, 1.807) is 0 Å². The van der Waals surface area contributed by atoms with Gasteiger partial charge >= 0.3 is 0 Å². The summed E-state index contributed by atoms with van der Waals surface area (Å²) in [6, 6.07) is 6.53. The van der Waals surface area contributed by atoms with Crippen LogP contribution in [0, 0.1) is 0 Å². The second-order valence-electron chi connectivity index (χ2n) is 5.29. The van der Waals surface area contributed by atoms with E-state index in [-0.39, 0.29) is 0 Å². The first-order valence-electron chi connectivity index (χ1n) is 7.47. The summed E-state index contributed by atoms with van der Waals surface area (Å²) in [5.41, 5.74) is 3.75. The summed E-state index contributed by atoms with van der Waals surface area (Å²) in [5.74, 6) is 0.556. The Kier molecular flexibility index (Phi) is 5.03. The normalized spacial score (nSPS) is 13.0. The Labute approximate surface area is 116 Å². The summed E-state index contributed by atoms with van der Waals surface area (Å²) in [4.78, 5) is 0. The van der Waals surface area contributed by atoms with Crippen molar-refractivity contribution in [2.45, 2.75) is 46.0 Å². The molecule has 1 N–H and O–H groups in total. The standard InChI is InChI=1S/C17H25NO/c1-4-10-18-11-9-14-12-19-17-15(13(3)5-2)7-6-8-16(14)17/h6-8,12-13,18H,4-5,9-11H2,1-3H3. The van der Waals surface area contributed by atoms with Gasteiger partial charge < -0.3 is 9.73 Å². The van der Waals surface area contributed by atoms with Gasteiger partial charge in [-0.3, -0.25) is 0 Å². The summed E-state index contributed by atoms with van der Waals surface area (Å²) >= 11 is 0. The highest BCUT2D eigenvalue weighted by Gasteiger charge is 2.13. The molecule has 1 aromatic heterocycles. The highest BCUT2D eigenvalue weighted by atomic mass is 16.3. The quantitative estimate of drug-likeness (QED) is 0.741. The minimum atomic E-state index is 0.556. The molecule has 0 fully saturated rings. The van der Waals surface area contributed by atoms with Gasteiger partial charge in [0.15, 0.2) is 0 Å². The lowest BCUT2D eigenvalue weighted by molar-refractivity contribution is 0.594. The van der Waals surface area contributed by atoms with Gasteiger partial charge in [0.2, 0.25) is 0 Å². The van der Waals surface area contributed by atoms with E-state index >= 15 is 0 Å². The highest BCUT2D eigenvalue weighted by molar-refractivity contribution is 5.84. The SMILES string of the molecule is CCCNCCc1coc2c(C(C)CC)cccc12. The zero-order chi connectivity index (χ0) is 13.7. The van der Waals surface area contributed by atoms with Crippen LogP contribution < -0.4 is 5.32 Å². The van der Waals surface area contributed by atoms with E-state index in [1.807, 2.05) is 6.26 Å². The average molecular weight is 259 g/mol. The number of furan rings is 1. The van der Waals surface area contributed by atoms with Gasteiger partial charge in [0, 0.05) is 5.39 Å². The lowest BCUT2D eigenvalue weighted by Gasteiger charge is -2.09. The van der Waals surface area contributed by atoms with Crippen LogP contribution >= 0.6 is 0 Å². The van der Waals surface area contributed by atoms with Crippen LogP contribution in [0.25, 0.3) is 11.0 Å². The molecule has 2 aromatic rings. The second kappa shape index (κ2) is 6.76. The van der Waals surface area contributed by atoms with Gasteiger partial charge in [-0.2, -0.15) is 0 Å². The minimum Gasteiger partial charge on any atom is -0.464 e. The van der Waals surface area contributed by atoms with Gasteiger partial charge in [-0.1, -0.05) is 39.0 Å². The zero-order valence-corrected chi connectivity index (χ0v) is 12.3. The van der Waals surface area contributed by atoms with Crippen LogP contribution in [-0.4, -0.2) is 13.1 Å². The number of fused-ring (bicyclic) bond motifs is 1. The van der Waals surface area contributed by atoms with Crippen LogP contribution in [0.4, 0.5) is 0 Å². The monoisotopic (exact) mass is 259 g/mol. The van der Waals surface area contributed by atoms with Crippen molar-refractivity contribution in [1.29, 1.82) is 0 Å². The first kappa shape index (κ1) is 14.1. The van der Waals surface area contributed by atoms with Gasteiger partial charge in [-0.05, 0) is 49.4 Å². The molecule has 0 bridgehead atoms. The van der Waals surface area contributed by atoms with Gasteiger partial charge in [-0.15, -0.1) is 0 Å². The maximum atomic E-state index is 5.83. The molecule has 19 heavy (non-hydrogen) atoms. The molecule has 0 radical (unpaired) electrons. The number of hydrogen-bond donors (Lipinski definition) is 1. The molecule has 2 heteroatoms. The molecule has 0 saturated heterocycles. The molecule has 0 aliphatic carbocycles. The second-order valence-corrected chi connectivity index (χ2v) is 5.29. The molecular weight excluding hydrogens is 234 g/mol. The molecule has 1 aromatic carbocycles. The van der Waals surface area contributed by atoms with Crippen LogP contribution in [0.15, 0.2) is 28.9 Å². The van der Waals surface area contributed by atoms with E-state index in [0.717, 1.165) is 31.5 Å². The summed E-state index contributed by atoms with van der Waals surface area (Å²) < 4.78 is 5.83. The molecule has 0 saturated carbocycles. The van der Waals surface area contributed by atoms with Gasteiger partial charge in [-0.25, -0.2) is 0 Å². The molecule has 0 spiro atoms. The fourth-order valence-corrected chi connectivity index (χ4v) is 2.46. The zero-order valence-electron chi connectivity index (χ0n) is 12.3. The Hall–Kier alpha value is -1.28. The maximum absolute atomic E-state index is 5.83. The molecule has 1 heterocycles. The van der Waals surface area contributed by atoms with Gasteiger partial charge in [0.25, 0.3) is 0 Å². The maximum Gasteiger partial charge on any atom is 0.137 e. The lowest BCUT2D eigenvalue weighted by atomic mass is 9.96. The van der Waals surface area contributed by atoms with E-state index < -0.39 is 0 Å². The first-order chi connectivity index (χ1) is 9.27. The van der Waals surface area contributed by atoms with Crippen LogP contribution in [0.5, 0.6) is 0 Å². The van der Waals surface area contributed by atoms with Crippen LogP contribution in [-0.2, 0) is 6.42 Å².